The summed E-state index contributed by atoms with van der Waals surface area (Å²) in [5, 5.41) is 3.82. The van der Waals surface area contributed by atoms with E-state index in [4.69, 9.17) is 0 Å². The van der Waals surface area contributed by atoms with E-state index in [1.807, 2.05) is 0 Å². The van der Waals surface area contributed by atoms with Gasteiger partial charge in [0, 0.05) is 17.6 Å². The molecule has 0 amide bonds. The molecule has 0 bridgehead atoms. The van der Waals surface area contributed by atoms with Gasteiger partial charge in [0.15, 0.2) is 0 Å². The lowest BCUT2D eigenvalue weighted by Crippen LogP contribution is -2.59. The molecule has 2 fully saturated rings. The van der Waals surface area contributed by atoms with Crippen molar-refractivity contribution in [1.82, 2.24) is 10.2 Å². The van der Waals surface area contributed by atoms with Crippen LogP contribution in [0.15, 0.2) is 0 Å². The topological polar surface area (TPSA) is 15.3 Å². The van der Waals surface area contributed by atoms with E-state index in [0.29, 0.717) is 0 Å². The normalized spacial score (nSPS) is 33.8. The first-order valence-corrected chi connectivity index (χ1v) is 6.58. The average Bonchev–Trinajstić information content (AvgIpc) is 2.02. The van der Waals surface area contributed by atoms with Crippen molar-refractivity contribution >= 4 is 0 Å². The van der Waals surface area contributed by atoms with Crippen molar-refractivity contribution < 1.29 is 0 Å². The van der Waals surface area contributed by atoms with Gasteiger partial charge in [0.1, 0.15) is 0 Å². The Kier molecular flexibility index (Phi) is 3.36. The van der Waals surface area contributed by atoms with Crippen LogP contribution in [0.4, 0.5) is 0 Å². The fourth-order valence-corrected chi connectivity index (χ4v) is 2.95. The molecule has 2 heteroatoms. The molecule has 15 heavy (non-hydrogen) atoms. The first-order valence-electron chi connectivity index (χ1n) is 6.58. The predicted octanol–water partition coefficient (Wildman–Crippen LogP) is 2.39. The summed E-state index contributed by atoms with van der Waals surface area (Å²) >= 11 is 0. The lowest BCUT2D eigenvalue weighted by Gasteiger charge is -2.46. The maximum Gasteiger partial charge on any atom is 0.0249 e. The summed E-state index contributed by atoms with van der Waals surface area (Å²) in [6.45, 7) is 9.54. The van der Waals surface area contributed by atoms with Crippen LogP contribution in [0.25, 0.3) is 0 Å². The molecule has 88 valence electrons. The van der Waals surface area contributed by atoms with Crippen LogP contribution >= 0.6 is 0 Å². The summed E-state index contributed by atoms with van der Waals surface area (Å²) in [6, 6.07) is 1.56. The lowest BCUT2D eigenvalue weighted by molar-refractivity contribution is 0.0585. The van der Waals surface area contributed by atoms with E-state index in [1.165, 1.54) is 45.2 Å². The van der Waals surface area contributed by atoms with Gasteiger partial charge < -0.3 is 5.32 Å². The van der Waals surface area contributed by atoms with Crippen LogP contribution in [0, 0.1) is 0 Å². The van der Waals surface area contributed by atoms with Gasteiger partial charge >= 0.3 is 0 Å². The standard InChI is InChI=1S/C13H26N2/c1-13(2,3)14-11-7-4-5-8-12(11)15-9-6-10-15/h11-12,14H,4-10H2,1-3H3/t11-,12-/m0/s1. The minimum absolute atomic E-state index is 0.269. The van der Waals surface area contributed by atoms with E-state index in [1.54, 1.807) is 0 Å². The molecular weight excluding hydrogens is 184 g/mol. The van der Waals surface area contributed by atoms with Gasteiger partial charge in [-0.1, -0.05) is 12.8 Å². The molecule has 1 aliphatic heterocycles. The van der Waals surface area contributed by atoms with Crippen LogP contribution in [0.3, 0.4) is 0 Å². The van der Waals surface area contributed by atoms with Gasteiger partial charge in [-0.25, -0.2) is 0 Å². The van der Waals surface area contributed by atoms with E-state index in [2.05, 4.69) is 31.0 Å². The molecule has 1 saturated carbocycles. The lowest BCUT2D eigenvalue weighted by atomic mass is 9.86. The number of hydrogen-bond acceptors (Lipinski definition) is 2. The molecule has 1 N–H and O–H groups in total. The van der Waals surface area contributed by atoms with Crippen LogP contribution in [0.2, 0.25) is 0 Å². The van der Waals surface area contributed by atoms with Crippen LogP contribution < -0.4 is 5.32 Å². The van der Waals surface area contributed by atoms with Crippen molar-refractivity contribution in [3.05, 3.63) is 0 Å². The Hall–Kier alpha value is -0.0800. The van der Waals surface area contributed by atoms with Crippen molar-refractivity contribution in [2.45, 2.75) is 70.5 Å². The quantitative estimate of drug-likeness (QED) is 0.753. The van der Waals surface area contributed by atoms with Gasteiger partial charge in [-0.15, -0.1) is 0 Å². The highest BCUT2D eigenvalue weighted by Gasteiger charge is 2.34. The fourth-order valence-electron chi connectivity index (χ4n) is 2.95. The second-order valence-corrected chi connectivity index (χ2v) is 6.24. The maximum atomic E-state index is 3.82. The van der Waals surface area contributed by atoms with Gasteiger partial charge in [-0.2, -0.15) is 0 Å². The minimum Gasteiger partial charge on any atom is -0.308 e. The fraction of sp³-hybridized carbons (Fsp3) is 1.00. The van der Waals surface area contributed by atoms with E-state index >= 15 is 0 Å². The first-order chi connectivity index (χ1) is 7.06. The molecule has 0 radical (unpaired) electrons. The Bertz CT molecular complexity index is 203. The van der Waals surface area contributed by atoms with Crippen molar-refractivity contribution in [2.24, 2.45) is 0 Å². The third-order valence-electron chi connectivity index (χ3n) is 3.71. The number of nitrogens with zero attached hydrogens (tertiary/aromatic N) is 1. The van der Waals surface area contributed by atoms with Crippen LogP contribution in [-0.2, 0) is 0 Å². The van der Waals surface area contributed by atoms with Gasteiger partial charge in [-0.05, 0) is 53.1 Å². The van der Waals surface area contributed by atoms with E-state index in [-0.39, 0.29) is 5.54 Å². The zero-order chi connectivity index (χ0) is 10.9. The molecule has 2 rings (SSSR count). The Morgan fingerprint density at radius 1 is 1.00 bits per heavy atom. The Balaban J connectivity index is 1.93. The Labute approximate surface area is 94.4 Å². The molecule has 1 heterocycles. The summed E-state index contributed by atoms with van der Waals surface area (Å²) in [4.78, 5) is 2.68. The number of likely N-dealkylation sites (tertiary alicyclic amines) is 1. The summed E-state index contributed by atoms with van der Waals surface area (Å²) in [6.07, 6.45) is 7.05. The maximum absolute atomic E-state index is 3.82. The van der Waals surface area contributed by atoms with Crippen LogP contribution in [-0.4, -0.2) is 35.6 Å². The summed E-state index contributed by atoms with van der Waals surface area (Å²) < 4.78 is 0. The van der Waals surface area contributed by atoms with Gasteiger partial charge in [0.25, 0.3) is 0 Å². The first kappa shape index (κ1) is 11.4. The average molecular weight is 210 g/mol. The van der Waals surface area contributed by atoms with Gasteiger partial charge in [0.2, 0.25) is 0 Å². The van der Waals surface area contributed by atoms with Crippen LogP contribution in [0.5, 0.6) is 0 Å². The van der Waals surface area contributed by atoms with Crippen molar-refractivity contribution in [3.8, 4) is 0 Å². The Morgan fingerprint density at radius 2 is 1.67 bits per heavy atom. The second kappa shape index (κ2) is 4.42. The number of nitrogens with one attached hydrogen (secondary N) is 1. The van der Waals surface area contributed by atoms with Crippen LogP contribution in [0.1, 0.15) is 52.9 Å². The van der Waals surface area contributed by atoms with E-state index in [9.17, 15) is 0 Å². The summed E-state index contributed by atoms with van der Waals surface area (Å²) in [5.41, 5.74) is 0.269. The molecule has 0 spiro atoms. The largest absolute Gasteiger partial charge is 0.308 e. The van der Waals surface area contributed by atoms with Gasteiger partial charge in [0.05, 0.1) is 0 Å². The monoisotopic (exact) mass is 210 g/mol. The Morgan fingerprint density at radius 3 is 2.20 bits per heavy atom. The van der Waals surface area contributed by atoms with Crippen molar-refractivity contribution in [2.75, 3.05) is 13.1 Å². The molecule has 0 unspecified atom stereocenters. The van der Waals surface area contributed by atoms with Crippen molar-refractivity contribution in [3.63, 3.8) is 0 Å². The smallest absolute Gasteiger partial charge is 0.0249 e. The molecular formula is C13H26N2. The SMILES string of the molecule is CC(C)(C)N[C@H]1CCCC[C@@H]1N1CCC1. The highest BCUT2D eigenvalue weighted by Crippen LogP contribution is 2.27. The number of hydrogen-bond donors (Lipinski definition) is 1. The molecule has 0 aromatic carbocycles. The number of rotatable bonds is 2. The summed E-state index contributed by atoms with van der Waals surface area (Å²) in [7, 11) is 0. The molecule has 1 saturated heterocycles. The third-order valence-corrected chi connectivity index (χ3v) is 3.71. The van der Waals surface area contributed by atoms with E-state index in [0.717, 1.165) is 12.1 Å². The molecule has 2 atom stereocenters. The van der Waals surface area contributed by atoms with E-state index < -0.39 is 0 Å². The van der Waals surface area contributed by atoms with Crippen molar-refractivity contribution in [1.29, 1.82) is 0 Å². The van der Waals surface area contributed by atoms with Gasteiger partial charge in [-0.3, -0.25) is 4.90 Å². The second-order valence-electron chi connectivity index (χ2n) is 6.24. The molecule has 0 aromatic heterocycles. The highest BCUT2D eigenvalue weighted by atomic mass is 15.2. The zero-order valence-electron chi connectivity index (χ0n) is 10.6. The zero-order valence-corrected chi connectivity index (χ0v) is 10.6. The molecule has 1 aliphatic carbocycles. The third kappa shape index (κ3) is 2.94. The summed E-state index contributed by atoms with van der Waals surface area (Å²) in [5.74, 6) is 0. The highest BCUT2D eigenvalue weighted by molar-refractivity contribution is 4.93. The molecule has 2 aliphatic rings. The molecule has 0 aromatic rings. The minimum atomic E-state index is 0.269. The molecule has 2 nitrogen and oxygen atoms in total. The predicted molar refractivity (Wildman–Crippen MR) is 65.1 cm³/mol.